The molecule has 1 atom stereocenters. The number of carbonyl (C=O) groups is 1. The molecule has 0 aliphatic carbocycles. The molecule has 5 heteroatoms. The lowest BCUT2D eigenvalue weighted by atomic mass is 10.0. The fourth-order valence-corrected chi connectivity index (χ4v) is 3.43. The Hall–Kier alpha value is -2.79. The highest BCUT2D eigenvalue weighted by Crippen LogP contribution is 2.21. The zero-order chi connectivity index (χ0) is 19.2. The van der Waals surface area contributed by atoms with Crippen LogP contribution in [0.2, 0.25) is 0 Å². The van der Waals surface area contributed by atoms with Crippen molar-refractivity contribution in [1.82, 2.24) is 15.2 Å². The minimum Gasteiger partial charge on any atom is -0.496 e. The molecular weight excluding hydrogens is 338 g/mol. The Morgan fingerprint density at radius 3 is 2.63 bits per heavy atom. The molecule has 3 aromatic rings. The smallest absolute Gasteiger partial charge is 0.219 e. The normalized spacial score (nSPS) is 12.1. The van der Waals surface area contributed by atoms with Crippen molar-refractivity contribution >= 4 is 16.8 Å². The summed E-state index contributed by atoms with van der Waals surface area (Å²) >= 11 is 0. The van der Waals surface area contributed by atoms with Gasteiger partial charge in [0.2, 0.25) is 5.91 Å². The fraction of sp³-hybridized carbons (Fsp3) is 0.318. The summed E-state index contributed by atoms with van der Waals surface area (Å²) in [5, 5.41) is 4.60. The van der Waals surface area contributed by atoms with E-state index < -0.39 is 0 Å². The number of para-hydroxylation sites is 2. The van der Waals surface area contributed by atoms with Gasteiger partial charge in [0.25, 0.3) is 0 Å². The second kappa shape index (κ2) is 8.73. The second-order valence-electron chi connectivity index (χ2n) is 6.76. The lowest BCUT2D eigenvalue weighted by molar-refractivity contribution is -0.129. The summed E-state index contributed by atoms with van der Waals surface area (Å²) in [4.78, 5) is 17.5. The summed E-state index contributed by atoms with van der Waals surface area (Å²) in [6.45, 7) is 2.78. The highest BCUT2D eigenvalue weighted by molar-refractivity contribution is 5.83. The summed E-state index contributed by atoms with van der Waals surface area (Å²) in [5.41, 5.74) is 3.41. The van der Waals surface area contributed by atoms with Gasteiger partial charge in [-0.2, -0.15) is 0 Å². The Morgan fingerprint density at radius 1 is 1.15 bits per heavy atom. The highest BCUT2D eigenvalue weighted by Gasteiger charge is 2.18. The first-order chi connectivity index (χ1) is 13.1. The maximum atomic E-state index is 12.3. The largest absolute Gasteiger partial charge is 0.496 e. The van der Waals surface area contributed by atoms with Gasteiger partial charge in [0.15, 0.2) is 0 Å². The zero-order valence-corrected chi connectivity index (χ0v) is 16.2. The van der Waals surface area contributed by atoms with Crippen LogP contribution < -0.4 is 10.1 Å². The van der Waals surface area contributed by atoms with E-state index in [-0.39, 0.29) is 11.9 Å². The minimum absolute atomic E-state index is 0.0556. The standard InChI is InChI=1S/C22H27N3O2/c1-16(26)25(14-17-8-4-7-11-22(17)27-3)15-19(23-2)12-18-13-24-21-10-6-5-9-20(18)21/h4-11,13,19,23-24H,12,14-15H2,1-3H3. The first kappa shape index (κ1) is 19.0. The summed E-state index contributed by atoms with van der Waals surface area (Å²) in [7, 11) is 3.60. The average Bonchev–Trinajstić information content (AvgIpc) is 3.10. The number of hydrogen-bond acceptors (Lipinski definition) is 3. The van der Waals surface area contributed by atoms with Crippen LogP contribution in [0.4, 0.5) is 0 Å². The van der Waals surface area contributed by atoms with Crippen LogP contribution in [-0.2, 0) is 17.8 Å². The molecular formula is C22H27N3O2. The molecule has 0 aliphatic rings. The molecule has 3 rings (SSSR count). The molecule has 0 spiro atoms. The number of carbonyl (C=O) groups excluding carboxylic acids is 1. The number of amides is 1. The Bertz CT molecular complexity index is 903. The lowest BCUT2D eigenvalue weighted by Gasteiger charge is -2.27. The Morgan fingerprint density at radius 2 is 1.89 bits per heavy atom. The number of aromatic nitrogens is 1. The predicted octanol–water partition coefficient (Wildman–Crippen LogP) is 3.36. The number of nitrogens with one attached hydrogen (secondary N) is 2. The number of benzene rings is 2. The number of methoxy groups -OCH3 is 1. The molecule has 2 N–H and O–H groups in total. The van der Waals surface area contributed by atoms with E-state index in [4.69, 9.17) is 4.74 Å². The van der Waals surface area contributed by atoms with Gasteiger partial charge in [0.1, 0.15) is 5.75 Å². The van der Waals surface area contributed by atoms with E-state index in [1.807, 2.05) is 42.3 Å². The van der Waals surface area contributed by atoms with Crippen LogP contribution in [0.5, 0.6) is 5.75 Å². The molecule has 1 heterocycles. The predicted molar refractivity (Wildman–Crippen MR) is 109 cm³/mol. The molecule has 0 bridgehead atoms. The van der Waals surface area contributed by atoms with Crippen molar-refractivity contribution in [3.05, 3.63) is 65.9 Å². The molecule has 5 nitrogen and oxygen atoms in total. The number of H-pyrrole nitrogens is 1. The molecule has 1 unspecified atom stereocenters. The van der Waals surface area contributed by atoms with Crippen LogP contribution in [0, 0.1) is 0 Å². The van der Waals surface area contributed by atoms with Crippen molar-refractivity contribution in [3.63, 3.8) is 0 Å². The van der Waals surface area contributed by atoms with Crippen LogP contribution >= 0.6 is 0 Å². The molecule has 2 aromatic carbocycles. The van der Waals surface area contributed by atoms with Gasteiger partial charge < -0.3 is 19.9 Å². The number of rotatable bonds is 8. The van der Waals surface area contributed by atoms with Crippen molar-refractivity contribution in [2.45, 2.75) is 25.9 Å². The SMILES string of the molecule is CNC(Cc1c[nH]c2ccccc12)CN(Cc1ccccc1OC)C(C)=O. The lowest BCUT2D eigenvalue weighted by Crippen LogP contribution is -2.42. The molecule has 27 heavy (non-hydrogen) atoms. The number of hydrogen-bond donors (Lipinski definition) is 2. The third kappa shape index (κ3) is 4.49. The van der Waals surface area contributed by atoms with E-state index in [9.17, 15) is 4.79 Å². The van der Waals surface area contributed by atoms with E-state index in [2.05, 4.69) is 34.7 Å². The molecule has 0 radical (unpaired) electrons. The van der Waals surface area contributed by atoms with Gasteiger partial charge in [-0.3, -0.25) is 4.79 Å². The number of nitrogens with zero attached hydrogens (tertiary/aromatic N) is 1. The van der Waals surface area contributed by atoms with Crippen molar-refractivity contribution in [1.29, 1.82) is 0 Å². The maximum Gasteiger partial charge on any atom is 0.219 e. The van der Waals surface area contributed by atoms with Gasteiger partial charge in [-0.05, 0) is 31.2 Å². The van der Waals surface area contributed by atoms with Gasteiger partial charge in [-0.25, -0.2) is 0 Å². The third-order valence-corrected chi connectivity index (χ3v) is 4.99. The van der Waals surface area contributed by atoms with Crippen LogP contribution in [0.15, 0.2) is 54.7 Å². The molecule has 1 amide bonds. The molecule has 1 aromatic heterocycles. The van der Waals surface area contributed by atoms with E-state index in [1.165, 1.54) is 10.9 Å². The van der Waals surface area contributed by atoms with Gasteiger partial charge in [0.05, 0.1) is 7.11 Å². The number of aromatic amines is 1. The first-order valence-electron chi connectivity index (χ1n) is 9.22. The zero-order valence-electron chi connectivity index (χ0n) is 16.2. The van der Waals surface area contributed by atoms with E-state index in [0.717, 1.165) is 23.3 Å². The summed E-state index contributed by atoms with van der Waals surface area (Å²) in [6.07, 6.45) is 2.91. The van der Waals surface area contributed by atoms with Crippen molar-refractivity contribution in [2.24, 2.45) is 0 Å². The van der Waals surface area contributed by atoms with Gasteiger partial charge in [-0.1, -0.05) is 36.4 Å². The van der Waals surface area contributed by atoms with Crippen molar-refractivity contribution in [3.8, 4) is 5.75 Å². The first-order valence-corrected chi connectivity index (χ1v) is 9.22. The van der Waals surface area contributed by atoms with E-state index in [1.54, 1.807) is 14.0 Å². The molecule has 0 saturated carbocycles. The fourth-order valence-electron chi connectivity index (χ4n) is 3.43. The summed E-state index contributed by atoms with van der Waals surface area (Å²) in [5.74, 6) is 0.862. The quantitative estimate of drug-likeness (QED) is 0.644. The summed E-state index contributed by atoms with van der Waals surface area (Å²) in [6, 6.07) is 16.3. The van der Waals surface area contributed by atoms with E-state index in [0.29, 0.717) is 13.1 Å². The Labute approximate surface area is 160 Å². The Balaban J connectivity index is 1.75. The van der Waals surface area contributed by atoms with Crippen molar-refractivity contribution < 1.29 is 9.53 Å². The topological polar surface area (TPSA) is 57.4 Å². The maximum absolute atomic E-state index is 12.3. The highest BCUT2D eigenvalue weighted by atomic mass is 16.5. The molecule has 0 saturated heterocycles. The van der Waals surface area contributed by atoms with Crippen LogP contribution in [0.1, 0.15) is 18.1 Å². The van der Waals surface area contributed by atoms with Gasteiger partial charge >= 0.3 is 0 Å². The number of likely N-dealkylation sites (N-methyl/N-ethyl adjacent to an activating group) is 1. The molecule has 0 fully saturated rings. The second-order valence-corrected chi connectivity index (χ2v) is 6.76. The van der Waals surface area contributed by atoms with Gasteiger partial charge in [0, 0.05) is 48.7 Å². The number of ether oxygens (including phenoxy) is 1. The van der Waals surface area contributed by atoms with E-state index >= 15 is 0 Å². The molecule has 0 aliphatic heterocycles. The van der Waals surface area contributed by atoms with Crippen LogP contribution in [-0.4, -0.2) is 42.5 Å². The summed E-state index contributed by atoms with van der Waals surface area (Å²) < 4.78 is 5.43. The average molecular weight is 365 g/mol. The van der Waals surface area contributed by atoms with Crippen molar-refractivity contribution in [2.75, 3.05) is 20.7 Å². The van der Waals surface area contributed by atoms with Crippen LogP contribution in [0.25, 0.3) is 10.9 Å². The minimum atomic E-state index is 0.0556. The Kier molecular flexibility index (Phi) is 6.14. The number of fused-ring (bicyclic) bond motifs is 1. The molecule has 142 valence electrons. The monoisotopic (exact) mass is 365 g/mol. The van der Waals surface area contributed by atoms with Crippen LogP contribution in [0.3, 0.4) is 0 Å². The third-order valence-electron chi connectivity index (χ3n) is 4.99. The van der Waals surface area contributed by atoms with Gasteiger partial charge in [-0.15, -0.1) is 0 Å².